The molecule has 2 rings (SSSR count). The van der Waals surface area contributed by atoms with E-state index in [9.17, 15) is 19.2 Å². The minimum absolute atomic E-state index is 0.103. The zero-order valence-corrected chi connectivity index (χ0v) is 12.6. The smallest absolute Gasteiger partial charge is 0.333 e. The number of rotatable bonds is 7. The average molecular weight is 311 g/mol. The molecule has 0 spiro atoms. The molecule has 0 unspecified atom stereocenters. The molecule has 2 saturated heterocycles. The molecule has 122 valence electrons. The first-order chi connectivity index (χ1) is 10.5. The van der Waals surface area contributed by atoms with Crippen LogP contribution in [0.5, 0.6) is 0 Å². The molecule has 4 amide bonds. The van der Waals surface area contributed by atoms with Crippen LogP contribution >= 0.6 is 0 Å². The molecule has 2 atom stereocenters. The van der Waals surface area contributed by atoms with Gasteiger partial charge < -0.3 is 15.5 Å². The quantitative estimate of drug-likeness (QED) is 0.529. The van der Waals surface area contributed by atoms with Crippen LogP contribution in [0.1, 0.15) is 51.9 Å². The van der Waals surface area contributed by atoms with Crippen LogP contribution in [0.15, 0.2) is 0 Å². The highest BCUT2D eigenvalue weighted by molar-refractivity contribution is 6.01. The summed E-state index contributed by atoms with van der Waals surface area (Å²) in [4.78, 5) is 50.0. The maximum absolute atomic E-state index is 11.6. The van der Waals surface area contributed by atoms with Gasteiger partial charge in [-0.25, -0.2) is 9.59 Å². The van der Waals surface area contributed by atoms with Crippen LogP contribution in [-0.2, 0) is 19.2 Å². The molecule has 2 heterocycles. The molecule has 2 aliphatic rings. The Labute approximate surface area is 128 Å². The van der Waals surface area contributed by atoms with Crippen molar-refractivity contribution >= 4 is 23.8 Å². The lowest BCUT2D eigenvalue weighted by atomic mass is 10.0. The molecule has 0 aromatic rings. The van der Waals surface area contributed by atoms with E-state index in [2.05, 4.69) is 10.6 Å². The van der Waals surface area contributed by atoms with E-state index in [1.807, 2.05) is 6.92 Å². The molecule has 2 fully saturated rings. The van der Waals surface area contributed by atoms with Gasteiger partial charge in [-0.2, -0.15) is 0 Å². The number of hydroxylamine groups is 2. The third kappa shape index (κ3) is 4.19. The Morgan fingerprint density at radius 1 is 1.14 bits per heavy atom. The van der Waals surface area contributed by atoms with Crippen LogP contribution in [0.4, 0.5) is 4.79 Å². The highest BCUT2D eigenvalue weighted by atomic mass is 16.7. The van der Waals surface area contributed by atoms with Gasteiger partial charge in [0.15, 0.2) is 0 Å². The number of unbranched alkanes of at least 4 members (excludes halogenated alkanes) is 2. The first-order valence-corrected chi connectivity index (χ1v) is 7.61. The Kier molecular flexibility index (Phi) is 5.35. The van der Waals surface area contributed by atoms with Crippen molar-refractivity contribution in [3.63, 3.8) is 0 Å². The topological polar surface area (TPSA) is 105 Å². The largest absolute Gasteiger partial charge is 0.334 e. The lowest BCUT2D eigenvalue weighted by Gasteiger charge is -2.14. The standard InChI is InChI=1S/C14H21N3O5/c1-9-10(16-14(21)15-9)5-3-2-4-6-13(20)22-17-11(18)7-8-12(17)19/h9-10H,2-8H2,1H3,(H2,15,16,21)/t9-,10+/m0/s1. The molecule has 2 N–H and O–H groups in total. The van der Waals surface area contributed by atoms with E-state index in [0.717, 1.165) is 19.3 Å². The highest BCUT2D eigenvalue weighted by Crippen LogP contribution is 2.15. The van der Waals surface area contributed by atoms with Crippen LogP contribution < -0.4 is 10.6 Å². The Bertz CT molecular complexity index is 463. The van der Waals surface area contributed by atoms with Crippen molar-refractivity contribution in [1.29, 1.82) is 0 Å². The van der Waals surface area contributed by atoms with E-state index < -0.39 is 17.8 Å². The fraction of sp³-hybridized carbons (Fsp3) is 0.714. The fourth-order valence-corrected chi connectivity index (χ4v) is 2.58. The Hall–Kier alpha value is -2.12. The highest BCUT2D eigenvalue weighted by Gasteiger charge is 2.32. The third-order valence-electron chi connectivity index (χ3n) is 3.87. The number of imide groups is 1. The fourth-order valence-electron chi connectivity index (χ4n) is 2.58. The van der Waals surface area contributed by atoms with E-state index in [1.54, 1.807) is 0 Å². The molecule has 0 aliphatic carbocycles. The SMILES string of the molecule is C[C@@H]1NC(=O)N[C@@H]1CCCCCC(=O)ON1C(=O)CCC1=O. The maximum atomic E-state index is 11.6. The number of nitrogens with zero attached hydrogens (tertiary/aromatic N) is 1. The van der Waals surface area contributed by atoms with Crippen LogP contribution in [0.25, 0.3) is 0 Å². The first kappa shape index (κ1) is 16.3. The van der Waals surface area contributed by atoms with Gasteiger partial charge in [0.25, 0.3) is 11.8 Å². The van der Waals surface area contributed by atoms with Crippen molar-refractivity contribution in [2.45, 2.75) is 64.0 Å². The van der Waals surface area contributed by atoms with Gasteiger partial charge in [-0.05, 0) is 19.8 Å². The van der Waals surface area contributed by atoms with E-state index in [-0.39, 0.29) is 37.4 Å². The van der Waals surface area contributed by atoms with Crippen LogP contribution in [0.2, 0.25) is 0 Å². The normalized spacial score (nSPS) is 24.4. The van der Waals surface area contributed by atoms with Crippen molar-refractivity contribution in [2.24, 2.45) is 0 Å². The summed E-state index contributed by atoms with van der Waals surface area (Å²) in [6, 6.07) is 0.102. The van der Waals surface area contributed by atoms with Gasteiger partial charge >= 0.3 is 12.0 Å². The summed E-state index contributed by atoms with van der Waals surface area (Å²) in [6.45, 7) is 1.95. The maximum Gasteiger partial charge on any atom is 0.333 e. The summed E-state index contributed by atoms with van der Waals surface area (Å²) >= 11 is 0. The Balaban J connectivity index is 1.57. The van der Waals surface area contributed by atoms with Crippen LogP contribution in [0.3, 0.4) is 0 Å². The second-order valence-electron chi connectivity index (χ2n) is 5.66. The van der Waals surface area contributed by atoms with E-state index in [4.69, 9.17) is 4.84 Å². The summed E-state index contributed by atoms with van der Waals surface area (Å²) in [6.07, 6.45) is 3.54. The van der Waals surface area contributed by atoms with Gasteiger partial charge in [-0.15, -0.1) is 5.06 Å². The summed E-state index contributed by atoms with van der Waals surface area (Å²) in [5, 5.41) is 6.19. The molecule has 0 aromatic carbocycles. The molecule has 22 heavy (non-hydrogen) atoms. The number of carbonyl (C=O) groups is 4. The monoisotopic (exact) mass is 311 g/mol. The molecule has 8 heteroatoms. The predicted molar refractivity (Wildman–Crippen MR) is 75.2 cm³/mol. The second kappa shape index (κ2) is 7.24. The van der Waals surface area contributed by atoms with E-state index in [0.29, 0.717) is 11.5 Å². The number of hydrogen-bond donors (Lipinski definition) is 2. The molecule has 0 bridgehead atoms. The third-order valence-corrected chi connectivity index (χ3v) is 3.87. The lowest BCUT2D eigenvalue weighted by molar-refractivity contribution is -0.197. The molecule has 0 saturated carbocycles. The minimum atomic E-state index is -0.562. The summed E-state index contributed by atoms with van der Waals surface area (Å²) in [5.74, 6) is -1.48. The number of hydrogen-bond acceptors (Lipinski definition) is 5. The molecule has 0 radical (unpaired) electrons. The van der Waals surface area contributed by atoms with Gasteiger partial charge in [-0.1, -0.05) is 12.8 Å². The molecular formula is C14H21N3O5. The summed E-state index contributed by atoms with van der Waals surface area (Å²) in [5.41, 5.74) is 0. The molecule has 2 aliphatic heterocycles. The van der Waals surface area contributed by atoms with Crippen LogP contribution in [0, 0.1) is 0 Å². The molecular weight excluding hydrogens is 290 g/mol. The molecule has 8 nitrogen and oxygen atoms in total. The average Bonchev–Trinajstić information content (AvgIpc) is 2.94. The zero-order valence-electron chi connectivity index (χ0n) is 12.6. The number of urea groups is 1. The Morgan fingerprint density at radius 3 is 2.41 bits per heavy atom. The summed E-state index contributed by atoms with van der Waals surface area (Å²) < 4.78 is 0. The predicted octanol–water partition coefficient (Wildman–Crippen LogP) is 0.614. The number of amides is 4. The van der Waals surface area contributed by atoms with Gasteiger partial charge in [0.1, 0.15) is 0 Å². The van der Waals surface area contributed by atoms with Crippen molar-refractivity contribution in [1.82, 2.24) is 15.7 Å². The van der Waals surface area contributed by atoms with E-state index >= 15 is 0 Å². The van der Waals surface area contributed by atoms with Gasteiger partial charge in [-0.3, -0.25) is 9.59 Å². The van der Waals surface area contributed by atoms with Crippen molar-refractivity contribution in [3.05, 3.63) is 0 Å². The summed E-state index contributed by atoms with van der Waals surface area (Å²) in [7, 11) is 0. The van der Waals surface area contributed by atoms with Gasteiger partial charge in [0, 0.05) is 25.3 Å². The van der Waals surface area contributed by atoms with Crippen molar-refractivity contribution in [3.8, 4) is 0 Å². The number of nitrogens with one attached hydrogen (secondary N) is 2. The van der Waals surface area contributed by atoms with Crippen LogP contribution in [-0.4, -0.2) is 41.0 Å². The Morgan fingerprint density at radius 2 is 1.82 bits per heavy atom. The zero-order chi connectivity index (χ0) is 16.1. The van der Waals surface area contributed by atoms with Crippen molar-refractivity contribution < 1.29 is 24.0 Å². The first-order valence-electron chi connectivity index (χ1n) is 7.61. The van der Waals surface area contributed by atoms with Gasteiger partial charge in [0.2, 0.25) is 0 Å². The molecule has 0 aromatic heterocycles. The van der Waals surface area contributed by atoms with Gasteiger partial charge in [0.05, 0.1) is 6.04 Å². The second-order valence-corrected chi connectivity index (χ2v) is 5.66. The van der Waals surface area contributed by atoms with E-state index in [1.165, 1.54) is 0 Å². The van der Waals surface area contributed by atoms with Crippen molar-refractivity contribution in [2.75, 3.05) is 0 Å². The lowest BCUT2D eigenvalue weighted by Crippen LogP contribution is -2.32. The minimum Gasteiger partial charge on any atom is -0.334 e. The number of carbonyl (C=O) groups excluding carboxylic acids is 4.